The maximum Gasteiger partial charge on any atom is 0.269 e. The molecule has 0 fully saturated rings. The van der Waals surface area contributed by atoms with Gasteiger partial charge < -0.3 is 5.11 Å². The first-order chi connectivity index (χ1) is 9.06. The Bertz CT molecular complexity index is 602. The summed E-state index contributed by atoms with van der Waals surface area (Å²) >= 11 is 5.70. The van der Waals surface area contributed by atoms with Gasteiger partial charge in [-0.2, -0.15) is 0 Å². The summed E-state index contributed by atoms with van der Waals surface area (Å²) < 4.78 is 12.7. The van der Waals surface area contributed by atoms with E-state index in [4.69, 9.17) is 11.6 Å². The summed E-state index contributed by atoms with van der Waals surface area (Å²) in [5.74, 6) is -0.877. The van der Waals surface area contributed by atoms with Gasteiger partial charge in [0.2, 0.25) is 0 Å². The number of phenols is 1. The van der Waals surface area contributed by atoms with Crippen LogP contribution in [0.3, 0.4) is 0 Å². The van der Waals surface area contributed by atoms with Crippen LogP contribution in [0.5, 0.6) is 5.75 Å². The molecule has 0 aliphatic heterocycles. The molecule has 98 valence electrons. The summed E-state index contributed by atoms with van der Waals surface area (Å²) in [5.41, 5.74) is 5.89. The molecule has 0 saturated carbocycles. The van der Waals surface area contributed by atoms with E-state index in [9.17, 15) is 14.3 Å². The number of rotatable bonds is 3. The zero-order valence-corrected chi connectivity index (χ0v) is 10.4. The summed E-state index contributed by atoms with van der Waals surface area (Å²) in [7, 11) is 0. The Balaban J connectivity index is 2.01. The molecule has 0 unspecified atom stereocenters. The molecule has 2 aromatic carbocycles. The van der Waals surface area contributed by atoms with E-state index in [2.05, 4.69) is 10.9 Å². The quantitative estimate of drug-likeness (QED) is 0.758. The fourth-order valence-corrected chi connectivity index (χ4v) is 1.56. The predicted octanol–water partition coefficient (Wildman–Crippen LogP) is 2.94. The minimum absolute atomic E-state index is 0.0921. The largest absolute Gasteiger partial charge is 0.506 e. The summed E-state index contributed by atoms with van der Waals surface area (Å²) in [6.07, 6.45) is 0. The van der Waals surface area contributed by atoms with E-state index in [1.54, 1.807) is 0 Å². The zero-order valence-electron chi connectivity index (χ0n) is 9.65. The van der Waals surface area contributed by atoms with E-state index >= 15 is 0 Å². The number of benzene rings is 2. The minimum atomic E-state index is -0.425. The first-order valence-electron chi connectivity index (χ1n) is 5.37. The van der Waals surface area contributed by atoms with Crippen LogP contribution in [0.2, 0.25) is 5.02 Å². The second-order valence-electron chi connectivity index (χ2n) is 3.75. The van der Waals surface area contributed by atoms with Crippen LogP contribution in [0.15, 0.2) is 42.5 Å². The Morgan fingerprint density at radius 3 is 2.47 bits per heavy atom. The smallest absolute Gasteiger partial charge is 0.269 e. The molecular weight excluding hydrogens is 271 g/mol. The van der Waals surface area contributed by atoms with Crippen molar-refractivity contribution in [2.75, 3.05) is 5.43 Å². The van der Waals surface area contributed by atoms with E-state index in [1.165, 1.54) is 42.5 Å². The van der Waals surface area contributed by atoms with Gasteiger partial charge in [0.05, 0.1) is 10.7 Å². The molecule has 2 aromatic rings. The van der Waals surface area contributed by atoms with Gasteiger partial charge in [0.15, 0.2) is 0 Å². The Hall–Kier alpha value is -2.27. The van der Waals surface area contributed by atoms with Crippen molar-refractivity contribution in [3.05, 3.63) is 58.9 Å². The Morgan fingerprint density at radius 2 is 1.84 bits per heavy atom. The lowest BCUT2D eigenvalue weighted by Crippen LogP contribution is -2.29. The third-order valence-corrected chi connectivity index (χ3v) is 2.68. The van der Waals surface area contributed by atoms with E-state index < -0.39 is 5.91 Å². The number of amides is 1. The number of aromatic hydroxyl groups is 1. The number of anilines is 1. The molecule has 0 saturated heterocycles. The van der Waals surface area contributed by atoms with Crippen molar-refractivity contribution >= 4 is 23.2 Å². The molecule has 0 aromatic heterocycles. The van der Waals surface area contributed by atoms with Crippen LogP contribution in [0, 0.1) is 5.82 Å². The second kappa shape index (κ2) is 5.58. The molecule has 0 aliphatic carbocycles. The highest BCUT2D eigenvalue weighted by atomic mass is 35.5. The number of carbonyl (C=O) groups is 1. The average molecular weight is 281 g/mol. The lowest BCUT2D eigenvalue weighted by Gasteiger charge is -2.08. The van der Waals surface area contributed by atoms with E-state index in [1.807, 2.05) is 0 Å². The average Bonchev–Trinajstić information content (AvgIpc) is 2.41. The fourth-order valence-electron chi connectivity index (χ4n) is 1.38. The van der Waals surface area contributed by atoms with E-state index in [0.29, 0.717) is 5.69 Å². The van der Waals surface area contributed by atoms with Gasteiger partial charge in [0, 0.05) is 5.56 Å². The standard InChI is InChI=1S/C13H10ClFN2O2/c14-11-7-8(1-6-12(11)18)13(19)17-16-10-4-2-9(15)3-5-10/h1-7,16,18H,(H,17,19). The number of halogens is 2. The van der Waals surface area contributed by atoms with Gasteiger partial charge in [-0.05, 0) is 42.5 Å². The molecule has 0 atom stereocenters. The van der Waals surface area contributed by atoms with Crippen LogP contribution >= 0.6 is 11.6 Å². The SMILES string of the molecule is O=C(NNc1ccc(F)cc1)c1ccc(O)c(Cl)c1. The van der Waals surface area contributed by atoms with Crippen LogP contribution in [-0.2, 0) is 0 Å². The first kappa shape index (κ1) is 13.2. The monoisotopic (exact) mass is 280 g/mol. The molecule has 0 bridgehead atoms. The van der Waals surface area contributed by atoms with Crippen LogP contribution < -0.4 is 10.9 Å². The summed E-state index contributed by atoms with van der Waals surface area (Å²) in [6, 6.07) is 9.62. The summed E-state index contributed by atoms with van der Waals surface area (Å²) in [6.45, 7) is 0. The van der Waals surface area contributed by atoms with Crippen molar-refractivity contribution in [3.63, 3.8) is 0 Å². The molecular formula is C13H10ClFN2O2. The van der Waals surface area contributed by atoms with Gasteiger partial charge >= 0.3 is 0 Å². The molecule has 3 N–H and O–H groups in total. The minimum Gasteiger partial charge on any atom is -0.506 e. The van der Waals surface area contributed by atoms with Crippen molar-refractivity contribution in [2.45, 2.75) is 0 Å². The number of phenolic OH excluding ortho intramolecular Hbond substituents is 1. The molecule has 0 spiro atoms. The van der Waals surface area contributed by atoms with Crippen LogP contribution in [0.1, 0.15) is 10.4 Å². The maximum atomic E-state index is 12.7. The van der Waals surface area contributed by atoms with Gasteiger partial charge in [0.1, 0.15) is 11.6 Å². The number of nitrogens with one attached hydrogen (secondary N) is 2. The van der Waals surface area contributed by atoms with Gasteiger partial charge in [-0.15, -0.1) is 0 Å². The summed E-state index contributed by atoms with van der Waals surface area (Å²) in [5, 5.41) is 9.34. The topological polar surface area (TPSA) is 61.4 Å². The lowest BCUT2D eigenvalue weighted by atomic mass is 10.2. The van der Waals surface area contributed by atoms with Gasteiger partial charge in [-0.25, -0.2) is 4.39 Å². The number of hydrogen-bond acceptors (Lipinski definition) is 3. The van der Waals surface area contributed by atoms with Crippen LogP contribution in [0.4, 0.5) is 10.1 Å². The molecule has 2 rings (SSSR count). The molecule has 0 aliphatic rings. The van der Waals surface area contributed by atoms with Crippen molar-refractivity contribution in [1.82, 2.24) is 5.43 Å². The molecule has 6 heteroatoms. The molecule has 19 heavy (non-hydrogen) atoms. The first-order valence-corrected chi connectivity index (χ1v) is 5.74. The normalized spacial score (nSPS) is 10.0. The van der Waals surface area contributed by atoms with Gasteiger partial charge in [0.25, 0.3) is 5.91 Å². The zero-order chi connectivity index (χ0) is 13.8. The van der Waals surface area contributed by atoms with Gasteiger partial charge in [-0.1, -0.05) is 11.6 Å². The third kappa shape index (κ3) is 3.35. The number of carbonyl (C=O) groups excluding carboxylic acids is 1. The molecule has 1 amide bonds. The summed E-state index contributed by atoms with van der Waals surface area (Å²) in [4.78, 5) is 11.8. The Kier molecular flexibility index (Phi) is 3.87. The van der Waals surface area contributed by atoms with E-state index in [-0.39, 0.29) is 22.2 Å². The predicted molar refractivity (Wildman–Crippen MR) is 70.6 cm³/mol. The van der Waals surface area contributed by atoms with Crippen molar-refractivity contribution in [2.24, 2.45) is 0 Å². The third-order valence-electron chi connectivity index (χ3n) is 2.37. The number of hydrogen-bond donors (Lipinski definition) is 3. The highest BCUT2D eigenvalue weighted by molar-refractivity contribution is 6.32. The van der Waals surface area contributed by atoms with Gasteiger partial charge in [-0.3, -0.25) is 15.6 Å². The van der Waals surface area contributed by atoms with Crippen molar-refractivity contribution in [3.8, 4) is 5.75 Å². The van der Waals surface area contributed by atoms with Crippen molar-refractivity contribution < 1.29 is 14.3 Å². The van der Waals surface area contributed by atoms with E-state index in [0.717, 1.165) is 0 Å². The molecule has 0 radical (unpaired) electrons. The van der Waals surface area contributed by atoms with Crippen molar-refractivity contribution in [1.29, 1.82) is 0 Å². The molecule has 0 heterocycles. The molecule has 4 nitrogen and oxygen atoms in total. The lowest BCUT2D eigenvalue weighted by molar-refractivity contribution is 0.0962. The second-order valence-corrected chi connectivity index (χ2v) is 4.16. The highest BCUT2D eigenvalue weighted by Crippen LogP contribution is 2.23. The maximum absolute atomic E-state index is 12.7. The highest BCUT2D eigenvalue weighted by Gasteiger charge is 2.07. The Labute approximate surface area is 113 Å². The van der Waals surface area contributed by atoms with Crippen LogP contribution in [-0.4, -0.2) is 11.0 Å². The fraction of sp³-hybridized carbons (Fsp3) is 0. The Morgan fingerprint density at radius 1 is 1.16 bits per heavy atom. The van der Waals surface area contributed by atoms with Crippen LogP contribution in [0.25, 0.3) is 0 Å². The number of hydrazine groups is 1.